The maximum Gasteiger partial charge on any atom is 0.269 e. The highest BCUT2D eigenvalue weighted by Gasteiger charge is 2.13. The molecule has 29 heavy (non-hydrogen) atoms. The summed E-state index contributed by atoms with van der Waals surface area (Å²) in [6.07, 6.45) is 0. The third kappa shape index (κ3) is 4.41. The topological polar surface area (TPSA) is 91.3 Å². The Morgan fingerprint density at radius 2 is 1.76 bits per heavy atom. The number of halogens is 1. The van der Waals surface area contributed by atoms with Gasteiger partial charge in [0.05, 0.1) is 4.92 Å². The molecule has 0 N–H and O–H groups in total. The Balaban J connectivity index is 1.49. The predicted octanol–water partition coefficient (Wildman–Crippen LogP) is 5.54. The fourth-order valence-electron chi connectivity index (χ4n) is 2.68. The van der Waals surface area contributed by atoms with Crippen molar-refractivity contribution in [2.75, 3.05) is 0 Å². The molecule has 0 atom stereocenters. The predicted molar refractivity (Wildman–Crippen MR) is 108 cm³/mol. The van der Waals surface area contributed by atoms with Crippen LogP contribution < -0.4 is 4.74 Å². The van der Waals surface area contributed by atoms with Crippen LogP contribution in [0.15, 0.2) is 77.3 Å². The van der Waals surface area contributed by atoms with Crippen molar-refractivity contribution in [1.82, 2.24) is 10.1 Å². The normalized spacial score (nSPS) is 10.7. The van der Waals surface area contributed by atoms with Crippen LogP contribution in [-0.2, 0) is 6.61 Å². The molecule has 4 rings (SSSR count). The van der Waals surface area contributed by atoms with Crippen LogP contribution in [0.5, 0.6) is 5.75 Å². The lowest BCUT2D eigenvalue weighted by molar-refractivity contribution is -0.384. The molecule has 0 bridgehead atoms. The van der Waals surface area contributed by atoms with E-state index >= 15 is 0 Å². The third-order valence-electron chi connectivity index (χ3n) is 4.16. The highest BCUT2D eigenvalue weighted by atomic mass is 35.5. The lowest BCUT2D eigenvalue weighted by Gasteiger charge is -2.07. The van der Waals surface area contributed by atoms with Crippen molar-refractivity contribution < 1.29 is 14.2 Å². The number of aromatic nitrogens is 2. The number of benzene rings is 3. The second-order valence-electron chi connectivity index (χ2n) is 6.17. The highest BCUT2D eigenvalue weighted by Crippen LogP contribution is 2.25. The van der Waals surface area contributed by atoms with E-state index in [1.807, 2.05) is 24.3 Å². The van der Waals surface area contributed by atoms with Gasteiger partial charge in [-0.1, -0.05) is 28.9 Å². The van der Waals surface area contributed by atoms with E-state index in [9.17, 15) is 10.1 Å². The molecule has 3 aromatic carbocycles. The molecular formula is C21H14ClN3O4. The molecule has 0 aliphatic heterocycles. The van der Waals surface area contributed by atoms with Crippen molar-refractivity contribution in [3.8, 4) is 28.6 Å². The van der Waals surface area contributed by atoms with Gasteiger partial charge < -0.3 is 9.26 Å². The van der Waals surface area contributed by atoms with Crippen LogP contribution >= 0.6 is 11.6 Å². The monoisotopic (exact) mass is 407 g/mol. The Bertz CT molecular complexity index is 1140. The molecule has 0 fully saturated rings. The van der Waals surface area contributed by atoms with Gasteiger partial charge in [0.2, 0.25) is 5.82 Å². The summed E-state index contributed by atoms with van der Waals surface area (Å²) in [7, 11) is 0. The van der Waals surface area contributed by atoms with E-state index in [0.717, 1.165) is 16.9 Å². The largest absolute Gasteiger partial charge is 0.489 e. The van der Waals surface area contributed by atoms with Crippen LogP contribution in [0.1, 0.15) is 5.56 Å². The molecule has 0 saturated heterocycles. The van der Waals surface area contributed by atoms with E-state index in [0.29, 0.717) is 28.9 Å². The summed E-state index contributed by atoms with van der Waals surface area (Å²) in [5, 5.41) is 15.4. The molecule has 0 spiro atoms. The van der Waals surface area contributed by atoms with Crippen molar-refractivity contribution in [2.45, 2.75) is 6.61 Å². The fraction of sp³-hybridized carbons (Fsp3) is 0.0476. The SMILES string of the molecule is O=[N+]([O-])c1ccc(-c2noc(-c3cccc(COc4ccc(Cl)cc4)c3)n2)cc1. The fourth-order valence-corrected chi connectivity index (χ4v) is 2.81. The van der Waals surface area contributed by atoms with Gasteiger partial charge in [-0.3, -0.25) is 10.1 Å². The van der Waals surface area contributed by atoms with Gasteiger partial charge in [-0.05, 0) is 54.1 Å². The Labute approximate surface area is 170 Å². The average Bonchev–Trinajstić information content (AvgIpc) is 3.24. The number of nitrogens with zero attached hydrogens (tertiary/aromatic N) is 3. The summed E-state index contributed by atoms with van der Waals surface area (Å²) in [5.74, 6) is 1.43. The van der Waals surface area contributed by atoms with Gasteiger partial charge in [-0.25, -0.2) is 0 Å². The first-order valence-corrected chi connectivity index (χ1v) is 9.02. The van der Waals surface area contributed by atoms with Gasteiger partial charge in [0.25, 0.3) is 11.6 Å². The molecule has 1 aromatic heterocycles. The van der Waals surface area contributed by atoms with E-state index in [1.54, 1.807) is 36.4 Å². The van der Waals surface area contributed by atoms with Crippen molar-refractivity contribution in [3.05, 3.63) is 93.5 Å². The molecule has 0 unspecified atom stereocenters. The van der Waals surface area contributed by atoms with E-state index in [4.69, 9.17) is 20.9 Å². The number of hydrogen-bond donors (Lipinski definition) is 0. The summed E-state index contributed by atoms with van der Waals surface area (Å²) < 4.78 is 11.1. The van der Waals surface area contributed by atoms with Crippen molar-refractivity contribution >= 4 is 17.3 Å². The first kappa shape index (κ1) is 18.6. The zero-order valence-electron chi connectivity index (χ0n) is 15.0. The molecule has 0 saturated carbocycles. The number of hydrogen-bond acceptors (Lipinski definition) is 6. The van der Waals surface area contributed by atoms with Crippen LogP contribution in [0.2, 0.25) is 5.02 Å². The molecule has 0 aliphatic rings. The minimum absolute atomic E-state index is 0.00542. The quantitative estimate of drug-likeness (QED) is 0.307. The molecule has 7 nitrogen and oxygen atoms in total. The van der Waals surface area contributed by atoms with Crippen LogP contribution in [0.3, 0.4) is 0 Å². The number of non-ortho nitro benzene ring substituents is 1. The minimum atomic E-state index is -0.455. The molecule has 0 aliphatic carbocycles. The van der Waals surface area contributed by atoms with Gasteiger partial charge in [-0.2, -0.15) is 4.98 Å². The smallest absolute Gasteiger partial charge is 0.269 e. The summed E-state index contributed by atoms with van der Waals surface area (Å²) in [4.78, 5) is 14.7. The molecule has 0 radical (unpaired) electrons. The minimum Gasteiger partial charge on any atom is -0.489 e. The maximum absolute atomic E-state index is 10.8. The van der Waals surface area contributed by atoms with E-state index in [2.05, 4.69) is 10.1 Å². The van der Waals surface area contributed by atoms with Crippen LogP contribution in [0.25, 0.3) is 22.8 Å². The third-order valence-corrected chi connectivity index (χ3v) is 4.41. The molecule has 1 heterocycles. The van der Waals surface area contributed by atoms with Gasteiger partial charge in [-0.15, -0.1) is 0 Å². The van der Waals surface area contributed by atoms with E-state index < -0.39 is 4.92 Å². The standard InChI is InChI=1S/C21H14ClN3O4/c22-17-6-10-19(11-7-17)28-13-14-2-1-3-16(12-14)21-23-20(24-29-21)15-4-8-18(9-5-15)25(26)27/h1-12H,13H2. The molecule has 4 aromatic rings. The van der Waals surface area contributed by atoms with Crippen molar-refractivity contribution in [1.29, 1.82) is 0 Å². The molecule has 0 amide bonds. The zero-order chi connectivity index (χ0) is 20.2. The molecular weight excluding hydrogens is 394 g/mol. The van der Waals surface area contributed by atoms with Crippen LogP contribution in [0.4, 0.5) is 5.69 Å². The lowest BCUT2D eigenvalue weighted by Crippen LogP contribution is -1.95. The molecule has 144 valence electrons. The number of nitro benzene ring substituents is 1. The van der Waals surface area contributed by atoms with Crippen molar-refractivity contribution in [3.63, 3.8) is 0 Å². The van der Waals surface area contributed by atoms with Gasteiger partial charge in [0, 0.05) is 28.3 Å². The Morgan fingerprint density at radius 1 is 1.00 bits per heavy atom. The van der Waals surface area contributed by atoms with Crippen LogP contribution in [-0.4, -0.2) is 15.1 Å². The van der Waals surface area contributed by atoms with Crippen molar-refractivity contribution in [2.24, 2.45) is 0 Å². The Kier molecular flexibility index (Phi) is 5.22. The lowest BCUT2D eigenvalue weighted by atomic mass is 10.1. The number of rotatable bonds is 6. The first-order chi connectivity index (χ1) is 14.1. The van der Waals surface area contributed by atoms with Gasteiger partial charge in [0.1, 0.15) is 12.4 Å². The van der Waals surface area contributed by atoms with Crippen LogP contribution in [0, 0.1) is 10.1 Å². The maximum atomic E-state index is 10.8. The Hall–Kier alpha value is -3.71. The average molecular weight is 408 g/mol. The Morgan fingerprint density at radius 3 is 2.48 bits per heavy atom. The summed E-state index contributed by atoms with van der Waals surface area (Å²) in [6.45, 7) is 0.374. The summed E-state index contributed by atoms with van der Waals surface area (Å²) in [5.41, 5.74) is 2.33. The zero-order valence-corrected chi connectivity index (χ0v) is 15.7. The second kappa shape index (κ2) is 8.12. The van der Waals surface area contributed by atoms with Gasteiger partial charge >= 0.3 is 0 Å². The summed E-state index contributed by atoms with van der Waals surface area (Å²) in [6, 6.07) is 20.7. The number of ether oxygens (including phenoxy) is 1. The number of nitro groups is 1. The second-order valence-corrected chi connectivity index (χ2v) is 6.61. The van der Waals surface area contributed by atoms with E-state index in [-0.39, 0.29) is 5.69 Å². The molecule has 8 heteroatoms. The summed E-state index contributed by atoms with van der Waals surface area (Å²) >= 11 is 5.88. The van der Waals surface area contributed by atoms with Gasteiger partial charge in [0.15, 0.2) is 0 Å². The highest BCUT2D eigenvalue weighted by molar-refractivity contribution is 6.30. The first-order valence-electron chi connectivity index (χ1n) is 8.65. The van der Waals surface area contributed by atoms with E-state index in [1.165, 1.54) is 12.1 Å².